The van der Waals surface area contributed by atoms with Crippen molar-refractivity contribution in [2.45, 2.75) is 19.3 Å². The molecule has 1 aliphatic carbocycles. The van der Waals surface area contributed by atoms with E-state index in [9.17, 15) is 0 Å². The zero-order chi connectivity index (χ0) is 40.0. The number of hydrogen-bond donors (Lipinski definition) is 0. The van der Waals surface area contributed by atoms with Gasteiger partial charge in [-0.15, -0.1) is 0 Å². The number of benzene rings is 9. The van der Waals surface area contributed by atoms with Crippen LogP contribution < -0.4 is 4.90 Å². The fraction of sp³-hybridized carbons (Fsp3) is 0.0526. The van der Waals surface area contributed by atoms with E-state index in [1.807, 2.05) is 12.1 Å². The van der Waals surface area contributed by atoms with Gasteiger partial charge in [-0.1, -0.05) is 178 Å². The average molecular weight is 770 g/mol. The minimum absolute atomic E-state index is 0.167. The zero-order valence-corrected chi connectivity index (χ0v) is 33.3. The molecule has 0 saturated carbocycles. The van der Waals surface area contributed by atoms with Gasteiger partial charge < -0.3 is 13.7 Å². The summed E-state index contributed by atoms with van der Waals surface area (Å²) < 4.78 is 14.0. The molecule has 60 heavy (non-hydrogen) atoms. The third-order valence-corrected chi connectivity index (χ3v) is 12.7. The quantitative estimate of drug-likeness (QED) is 0.169. The second-order valence-corrected chi connectivity index (χ2v) is 16.4. The lowest BCUT2D eigenvalue weighted by Crippen LogP contribution is -2.17. The van der Waals surface area contributed by atoms with Gasteiger partial charge >= 0.3 is 0 Å². The molecule has 2 heterocycles. The molecule has 284 valence electrons. The number of rotatable bonds is 6. The second kappa shape index (κ2) is 13.2. The molecule has 2 aromatic heterocycles. The maximum Gasteiger partial charge on any atom is 0.159 e. The molecule has 3 heteroatoms. The summed E-state index contributed by atoms with van der Waals surface area (Å²) in [6.07, 6.45) is 0. The number of nitrogens with zero attached hydrogens (tertiary/aromatic N) is 1. The van der Waals surface area contributed by atoms with E-state index < -0.39 is 0 Å². The molecular weight excluding hydrogens is 731 g/mol. The first kappa shape index (κ1) is 34.4. The van der Waals surface area contributed by atoms with Gasteiger partial charge in [0.25, 0.3) is 0 Å². The van der Waals surface area contributed by atoms with Crippen molar-refractivity contribution in [1.82, 2.24) is 0 Å². The third kappa shape index (κ3) is 5.15. The molecule has 0 radical (unpaired) electrons. The molecular formula is C57H39NO2. The summed E-state index contributed by atoms with van der Waals surface area (Å²) in [5, 5.41) is 4.17. The van der Waals surface area contributed by atoms with Crippen molar-refractivity contribution in [1.29, 1.82) is 0 Å². The van der Waals surface area contributed by atoms with Crippen LogP contribution in [0.2, 0.25) is 0 Å². The topological polar surface area (TPSA) is 29.5 Å². The van der Waals surface area contributed by atoms with Gasteiger partial charge in [0, 0.05) is 43.8 Å². The third-order valence-electron chi connectivity index (χ3n) is 12.7. The highest BCUT2D eigenvalue weighted by Gasteiger charge is 2.36. The maximum absolute atomic E-state index is 7.38. The molecule has 0 amide bonds. The van der Waals surface area contributed by atoms with Gasteiger partial charge in [-0.05, 0) is 80.9 Å². The number of para-hydroxylation sites is 3. The van der Waals surface area contributed by atoms with E-state index in [1.165, 1.54) is 33.4 Å². The number of hydrogen-bond acceptors (Lipinski definition) is 3. The van der Waals surface area contributed by atoms with Gasteiger partial charge in [-0.2, -0.15) is 0 Å². The highest BCUT2D eigenvalue weighted by molar-refractivity contribution is 6.24. The monoisotopic (exact) mass is 769 g/mol. The molecule has 11 aromatic rings. The summed E-state index contributed by atoms with van der Waals surface area (Å²) in [5.74, 6) is 0. The molecule has 9 aromatic carbocycles. The van der Waals surface area contributed by atoms with Gasteiger partial charge in [-0.3, -0.25) is 0 Å². The molecule has 0 bridgehead atoms. The summed E-state index contributed by atoms with van der Waals surface area (Å²) in [6, 6.07) is 71.7. The Morgan fingerprint density at radius 1 is 0.383 bits per heavy atom. The van der Waals surface area contributed by atoms with Crippen molar-refractivity contribution in [2.75, 3.05) is 4.90 Å². The standard InChI is InChI=1S/C57H39NO2/c1-57(2)47-24-12-9-21-42(47)43-33-32-40(34-48(43)57)58(49-25-13-10-20-41(49)38-18-7-4-8-19-38)50-26-15-23-44-46-35-52-54(45-22-11-14-27-51(45)59-52)53(56(46)60-55(44)50)39-30-28-37(29-31-39)36-16-5-3-6-17-36/h3-35H,1-2H3. The largest absolute Gasteiger partial charge is 0.456 e. The van der Waals surface area contributed by atoms with Crippen LogP contribution in [0.25, 0.3) is 88.4 Å². The Morgan fingerprint density at radius 3 is 1.82 bits per heavy atom. The number of fused-ring (bicyclic) bond motifs is 9. The molecule has 0 spiro atoms. The summed E-state index contributed by atoms with van der Waals surface area (Å²) in [7, 11) is 0. The Labute approximate surface area is 348 Å². The molecule has 12 rings (SSSR count). The highest BCUT2D eigenvalue weighted by Crippen LogP contribution is 2.53. The van der Waals surface area contributed by atoms with Gasteiger partial charge in [0.2, 0.25) is 0 Å². The summed E-state index contributed by atoms with van der Waals surface area (Å²) in [5.41, 5.74) is 18.3. The molecule has 0 saturated heterocycles. The van der Waals surface area contributed by atoms with Crippen LogP contribution in [0.1, 0.15) is 25.0 Å². The maximum atomic E-state index is 7.38. The summed E-state index contributed by atoms with van der Waals surface area (Å²) >= 11 is 0. The molecule has 0 fully saturated rings. The van der Waals surface area contributed by atoms with Crippen LogP contribution in [0.3, 0.4) is 0 Å². The highest BCUT2D eigenvalue weighted by atomic mass is 16.3. The van der Waals surface area contributed by atoms with Gasteiger partial charge in [0.05, 0.1) is 11.4 Å². The lowest BCUT2D eigenvalue weighted by atomic mass is 9.82. The molecule has 3 nitrogen and oxygen atoms in total. The lowest BCUT2D eigenvalue weighted by molar-refractivity contribution is 0.660. The molecule has 0 aliphatic heterocycles. The van der Waals surface area contributed by atoms with E-state index in [1.54, 1.807) is 0 Å². The van der Waals surface area contributed by atoms with Crippen molar-refractivity contribution >= 4 is 60.9 Å². The summed E-state index contributed by atoms with van der Waals surface area (Å²) in [4.78, 5) is 2.40. The normalized spacial score (nSPS) is 13.0. The number of furan rings is 2. The molecule has 1 aliphatic rings. The van der Waals surface area contributed by atoms with Crippen LogP contribution in [-0.2, 0) is 5.41 Å². The molecule has 0 N–H and O–H groups in total. The second-order valence-electron chi connectivity index (χ2n) is 16.4. The summed E-state index contributed by atoms with van der Waals surface area (Å²) in [6.45, 7) is 4.69. The number of anilines is 3. The Bertz CT molecular complexity index is 3450. The van der Waals surface area contributed by atoms with E-state index >= 15 is 0 Å². The average Bonchev–Trinajstić information content (AvgIpc) is 3.94. The smallest absolute Gasteiger partial charge is 0.159 e. The van der Waals surface area contributed by atoms with Crippen molar-refractivity contribution in [3.8, 4) is 44.5 Å². The Balaban J connectivity index is 1.14. The van der Waals surface area contributed by atoms with Crippen LogP contribution in [0.5, 0.6) is 0 Å². The fourth-order valence-electron chi connectivity index (χ4n) is 9.80. The fourth-order valence-corrected chi connectivity index (χ4v) is 9.80. The van der Waals surface area contributed by atoms with Crippen LogP contribution in [-0.4, -0.2) is 0 Å². The van der Waals surface area contributed by atoms with E-state index in [-0.39, 0.29) is 5.41 Å². The van der Waals surface area contributed by atoms with E-state index in [0.717, 1.165) is 83.2 Å². The van der Waals surface area contributed by atoms with Crippen molar-refractivity contribution in [2.24, 2.45) is 0 Å². The SMILES string of the molecule is CC1(C)c2ccccc2-c2ccc(N(c3ccccc3-c3ccccc3)c3cccc4c3oc3c(-c5ccc(-c6ccccc6)cc5)c5c(cc34)oc3ccccc35)cc21. The molecule has 0 unspecified atom stereocenters. The Hall–Kier alpha value is -7.62. The van der Waals surface area contributed by atoms with E-state index in [4.69, 9.17) is 8.83 Å². The zero-order valence-electron chi connectivity index (χ0n) is 33.3. The van der Waals surface area contributed by atoms with Crippen molar-refractivity contribution in [3.05, 3.63) is 211 Å². The van der Waals surface area contributed by atoms with Crippen LogP contribution in [0.15, 0.2) is 209 Å². The first-order valence-corrected chi connectivity index (χ1v) is 20.7. The minimum atomic E-state index is -0.167. The van der Waals surface area contributed by atoms with Crippen molar-refractivity contribution < 1.29 is 8.83 Å². The predicted molar refractivity (Wildman–Crippen MR) is 250 cm³/mol. The van der Waals surface area contributed by atoms with Crippen LogP contribution >= 0.6 is 0 Å². The van der Waals surface area contributed by atoms with Gasteiger partial charge in [-0.25, -0.2) is 0 Å². The predicted octanol–water partition coefficient (Wildman–Crippen LogP) is 16.3. The Morgan fingerprint density at radius 2 is 1.00 bits per heavy atom. The first-order chi connectivity index (χ1) is 29.5. The van der Waals surface area contributed by atoms with Crippen LogP contribution in [0, 0.1) is 0 Å². The molecule has 0 atom stereocenters. The van der Waals surface area contributed by atoms with Crippen molar-refractivity contribution in [3.63, 3.8) is 0 Å². The lowest BCUT2D eigenvalue weighted by Gasteiger charge is -2.29. The minimum Gasteiger partial charge on any atom is -0.456 e. The first-order valence-electron chi connectivity index (χ1n) is 20.7. The van der Waals surface area contributed by atoms with Gasteiger partial charge in [0.1, 0.15) is 16.7 Å². The van der Waals surface area contributed by atoms with Crippen LogP contribution in [0.4, 0.5) is 17.1 Å². The van der Waals surface area contributed by atoms with E-state index in [2.05, 4.69) is 207 Å². The van der Waals surface area contributed by atoms with Gasteiger partial charge in [0.15, 0.2) is 5.58 Å². The van der Waals surface area contributed by atoms with E-state index in [0.29, 0.717) is 0 Å². The Kier molecular flexibility index (Phi) is 7.58.